The largest absolute Gasteiger partial charge is 0.324 e. The lowest BCUT2D eigenvalue weighted by Crippen LogP contribution is -2.16. The third kappa shape index (κ3) is 2.62. The van der Waals surface area contributed by atoms with Crippen LogP contribution in [-0.2, 0) is 6.42 Å². The summed E-state index contributed by atoms with van der Waals surface area (Å²) >= 11 is 0. The van der Waals surface area contributed by atoms with Crippen LogP contribution in [-0.4, -0.2) is 4.98 Å². The highest BCUT2D eigenvalue weighted by Gasteiger charge is 2.16. The molecule has 2 N–H and O–H groups in total. The van der Waals surface area contributed by atoms with Gasteiger partial charge in [-0.15, -0.1) is 0 Å². The van der Waals surface area contributed by atoms with E-state index < -0.39 is 17.7 Å². The minimum Gasteiger partial charge on any atom is -0.324 e. The minimum absolute atomic E-state index is 0.0120. The second-order valence-corrected chi connectivity index (χ2v) is 4.93. The average molecular weight is 284 g/mol. The smallest absolute Gasteiger partial charge is 0.129 e. The zero-order valence-electron chi connectivity index (χ0n) is 11.3. The van der Waals surface area contributed by atoms with Crippen molar-refractivity contribution in [1.82, 2.24) is 4.98 Å². The molecule has 0 radical (unpaired) electrons. The third-order valence-electron chi connectivity index (χ3n) is 3.55. The highest BCUT2D eigenvalue weighted by molar-refractivity contribution is 5.82. The van der Waals surface area contributed by atoms with E-state index in [-0.39, 0.29) is 12.0 Å². The van der Waals surface area contributed by atoms with E-state index in [0.717, 1.165) is 16.5 Å². The molecule has 4 heteroatoms. The fraction of sp³-hybridized carbons (Fsp3) is 0.118. The Morgan fingerprint density at radius 3 is 2.38 bits per heavy atom. The molecule has 0 spiro atoms. The molecular formula is C17H14F2N2. The molecule has 0 saturated carbocycles. The summed E-state index contributed by atoms with van der Waals surface area (Å²) in [6.07, 6.45) is 1.77. The van der Waals surface area contributed by atoms with Gasteiger partial charge in [-0.2, -0.15) is 0 Å². The van der Waals surface area contributed by atoms with Crippen LogP contribution in [0.15, 0.2) is 54.7 Å². The first-order chi connectivity index (χ1) is 10.2. The van der Waals surface area contributed by atoms with Crippen molar-refractivity contribution in [2.45, 2.75) is 12.5 Å². The van der Waals surface area contributed by atoms with E-state index in [9.17, 15) is 8.78 Å². The minimum atomic E-state index is -0.571. The molecule has 3 aromatic rings. The van der Waals surface area contributed by atoms with Crippen molar-refractivity contribution in [2.75, 3.05) is 0 Å². The lowest BCUT2D eigenvalue weighted by atomic mass is 9.97. The predicted molar refractivity (Wildman–Crippen MR) is 78.7 cm³/mol. The number of aromatic nitrogens is 1. The number of hydrogen-bond donors (Lipinski definition) is 1. The maximum atomic E-state index is 13.7. The Morgan fingerprint density at radius 2 is 1.62 bits per heavy atom. The normalized spacial score (nSPS) is 12.5. The molecule has 0 aliphatic rings. The molecular weight excluding hydrogens is 270 g/mol. The van der Waals surface area contributed by atoms with Crippen LogP contribution < -0.4 is 5.73 Å². The van der Waals surface area contributed by atoms with E-state index in [1.807, 2.05) is 30.3 Å². The van der Waals surface area contributed by atoms with E-state index >= 15 is 0 Å². The van der Waals surface area contributed by atoms with Gasteiger partial charge in [-0.05, 0) is 30.2 Å². The molecule has 0 bridgehead atoms. The number of nitrogens with zero attached hydrogens (tertiary/aromatic N) is 1. The van der Waals surface area contributed by atoms with Gasteiger partial charge in [0.2, 0.25) is 0 Å². The van der Waals surface area contributed by atoms with Crippen molar-refractivity contribution >= 4 is 10.9 Å². The standard InChI is InChI=1S/C17H14F2N2/c18-14-7-2-8-15(19)13(14)10-16(20)12-6-1-4-11-5-3-9-21-17(11)12/h1-9,16H,10,20H2. The van der Waals surface area contributed by atoms with Gasteiger partial charge in [0, 0.05) is 23.2 Å². The van der Waals surface area contributed by atoms with Gasteiger partial charge in [0.15, 0.2) is 0 Å². The van der Waals surface area contributed by atoms with Crippen LogP contribution in [0.3, 0.4) is 0 Å². The molecule has 1 heterocycles. The summed E-state index contributed by atoms with van der Waals surface area (Å²) in [6.45, 7) is 0. The second-order valence-electron chi connectivity index (χ2n) is 4.93. The summed E-state index contributed by atoms with van der Waals surface area (Å²) < 4.78 is 27.5. The topological polar surface area (TPSA) is 38.9 Å². The van der Waals surface area contributed by atoms with E-state index in [4.69, 9.17) is 5.73 Å². The van der Waals surface area contributed by atoms with Gasteiger partial charge >= 0.3 is 0 Å². The maximum absolute atomic E-state index is 13.7. The van der Waals surface area contributed by atoms with Crippen LogP contribution in [0.4, 0.5) is 8.78 Å². The summed E-state index contributed by atoms with van der Waals surface area (Å²) in [7, 11) is 0. The van der Waals surface area contributed by atoms with Crippen molar-refractivity contribution in [1.29, 1.82) is 0 Å². The number of hydrogen-bond acceptors (Lipinski definition) is 2. The van der Waals surface area contributed by atoms with E-state index in [2.05, 4.69) is 4.98 Å². The molecule has 2 aromatic carbocycles. The molecule has 1 aromatic heterocycles. The number of fused-ring (bicyclic) bond motifs is 1. The van der Waals surface area contributed by atoms with Crippen molar-refractivity contribution in [3.63, 3.8) is 0 Å². The van der Waals surface area contributed by atoms with Crippen LogP contribution in [0.25, 0.3) is 10.9 Å². The van der Waals surface area contributed by atoms with Crippen molar-refractivity contribution in [2.24, 2.45) is 5.73 Å². The Hall–Kier alpha value is -2.33. The SMILES string of the molecule is NC(Cc1c(F)cccc1F)c1cccc2cccnc12. The first-order valence-electron chi connectivity index (χ1n) is 6.69. The zero-order chi connectivity index (χ0) is 14.8. The van der Waals surface area contributed by atoms with E-state index in [1.54, 1.807) is 6.20 Å². The van der Waals surface area contributed by atoms with Gasteiger partial charge in [0.05, 0.1) is 5.52 Å². The van der Waals surface area contributed by atoms with Gasteiger partial charge in [0.1, 0.15) is 11.6 Å². The first-order valence-corrected chi connectivity index (χ1v) is 6.69. The summed E-state index contributed by atoms with van der Waals surface area (Å²) in [4.78, 5) is 4.32. The Kier molecular flexibility index (Phi) is 3.62. The van der Waals surface area contributed by atoms with Gasteiger partial charge in [-0.3, -0.25) is 4.98 Å². The lowest BCUT2D eigenvalue weighted by Gasteiger charge is -2.15. The van der Waals surface area contributed by atoms with Crippen molar-refractivity contribution < 1.29 is 8.78 Å². The molecule has 0 aliphatic heterocycles. The number of benzene rings is 2. The van der Waals surface area contributed by atoms with Crippen molar-refractivity contribution in [3.8, 4) is 0 Å². The number of pyridine rings is 1. The van der Waals surface area contributed by atoms with Crippen LogP contribution in [0.1, 0.15) is 17.2 Å². The molecule has 21 heavy (non-hydrogen) atoms. The number of rotatable bonds is 3. The van der Waals surface area contributed by atoms with Gasteiger partial charge in [0.25, 0.3) is 0 Å². The van der Waals surface area contributed by atoms with Gasteiger partial charge in [-0.25, -0.2) is 8.78 Å². The summed E-state index contributed by atoms with van der Waals surface area (Å²) in [5.41, 5.74) is 7.73. The van der Waals surface area contributed by atoms with Crippen LogP contribution in [0, 0.1) is 11.6 Å². The highest BCUT2D eigenvalue weighted by atomic mass is 19.1. The first kappa shape index (κ1) is 13.6. The summed E-state index contributed by atoms with van der Waals surface area (Å²) in [5.74, 6) is -1.14. The molecule has 0 fully saturated rings. The fourth-order valence-electron chi connectivity index (χ4n) is 2.48. The lowest BCUT2D eigenvalue weighted by molar-refractivity contribution is 0.540. The Bertz CT molecular complexity index is 761. The van der Waals surface area contributed by atoms with E-state index in [0.29, 0.717) is 0 Å². The highest BCUT2D eigenvalue weighted by Crippen LogP contribution is 2.25. The molecule has 106 valence electrons. The number of halogens is 2. The van der Waals surface area contributed by atoms with Crippen molar-refractivity contribution in [3.05, 3.63) is 77.5 Å². The van der Waals surface area contributed by atoms with Gasteiger partial charge in [-0.1, -0.05) is 30.3 Å². The molecule has 1 atom stereocenters. The summed E-state index contributed by atoms with van der Waals surface area (Å²) in [6, 6.07) is 12.7. The zero-order valence-corrected chi connectivity index (χ0v) is 11.3. The molecule has 2 nitrogen and oxygen atoms in total. The van der Waals surface area contributed by atoms with E-state index in [1.165, 1.54) is 18.2 Å². The molecule has 0 saturated heterocycles. The van der Waals surface area contributed by atoms with Crippen LogP contribution in [0.5, 0.6) is 0 Å². The Morgan fingerprint density at radius 1 is 0.952 bits per heavy atom. The second kappa shape index (κ2) is 5.58. The summed E-state index contributed by atoms with van der Waals surface area (Å²) in [5, 5.41) is 0.958. The van der Waals surface area contributed by atoms with Gasteiger partial charge < -0.3 is 5.73 Å². The quantitative estimate of drug-likeness (QED) is 0.795. The number of nitrogens with two attached hydrogens (primary N) is 1. The fourth-order valence-corrected chi connectivity index (χ4v) is 2.48. The monoisotopic (exact) mass is 284 g/mol. The molecule has 0 amide bonds. The number of para-hydroxylation sites is 1. The maximum Gasteiger partial charge on any atom is 0.129 e. The van der Waals surface area contributed by atoms with Crippen LogP contribution >= 0.6 is 0 Å². The Balaban J connectivity index is 2.00. The third-order valence-corrected chi connectivity index (χ3v) is 3.55. The van der Waals surface area contributed by atoms with Crippen LogP contribution in [0.2, 0.25) is 0 Å². The molecule has 1 unspecified atom stereocenters. The predicted octanol–water partition coefficient (Wildman–Crippen LogP) is 3.76. The molecule has 0 aliphatic carbocycles. The molecule has 3 rings (SSSR count). The Labute approximate surface area is 121 Å². The average Bonchev–Trinajstić information content (AvgIpc) is 2.50.